The number of hydrogen-bond acceptors (Lipinski definition) is 3. The maximum atomic E-state index is 11.6. The number of carboxylic acid groups (broad SMARTS) is 1. The summed E-state index contributed by atoms with van der Waals surface area (Å²) in [6.07, 6.45) is 1.75. The van der Waals surface area contributed by atoms with Crippen LogP contribution in [0.2, 0.25) is 0 Å². The lowest BCUT2D eigenvalue weighted by Crippen LogP contribution is -2.41. The predicted molar refractivity (Wildman–Crippen MR) is 58.8 cm³/mol. The summed E-state index contributed by atoms with van der Waals surface area (Å²) in [5.41, 5.74) is 0. The van der Waals surface area contributed by atoms with Crippen molar-refractivity contribution in [1.82, 2.24) is 5.32 Å². The molecule has 0 aliphatic heterocycles. The van der Waals surface area contributed by atoms with Crippen molar-refractivity contribution in [2.75, 3.05) is 0 Å². The fourth-order valence-corrected chi connectivity index (χ4v) is 1.43. The number of rotatable bonds is 8. The van der Waals surface area contributed by atoms with Crippen molar-refractivity contribution in [3.8, 4) is 0 Å². The van der Waals surface area contributed by atoms with Crippen LogP contribution in [-0.4, -0.2) is 28.9 Å². The number of hydrogen-bond donors (Lipinski definition) is 2. The van der Waals surface area contributed by atoms with Gasteiger partial charge in [-0.05, 0) is 12.8 Å². The SMILES string of the molecule is CCCC(=O)[C@H](CCC(=O)O)NC(C)C. The van der Waals surface area contributed by atoms with Crippen LogP contribution < -0.4 is 5.32 Å². The summed E-state index contributed by atoms with van der Waals surface area (Å²) in [7, 11) is 0. The van der Waals surface area contributed by atoms with Gasteiger partial charge in [0.25, 0.3) is 0 Å². The van der Waals surface area contributed by atoms with Gasteiger partial charge in [0.1, 0.15) is 5.78 Å². The minimum atomic E-state index is -0.852. The van der Waals surface area contributed by atoms with Crippen LogP contribution in [0.5, 0.6) is 0 Å². The highest BCUT2D eigenvalue weighted by molar-refractivity contribution is 5.84. The van der Waals surface area contributed by atoms with Crippen molar-refractivity contribution >= 4 is 11.8 Å². The number of carboxylic acids is 1. The number of carbonyl (C=O) groups excluding carboxylic acids is 1. The Hall–Kier alpha value is -0.900. The Morgan fingerprint density at radius 1 is 1.27 bits per heavy atom. The Morgan fingerprint density at radius 2 is 1.87 bits per heavy atom. The summed E-state index contributed by atoms with van der Waals surface area (Å²) in [5.74, 6) is -0.734. The third-order valence-corrected chi connectivity index (χ3v) is 2.07. The average Bonchev–Trinajstić information content (AvgIpc) is 2.11. The number of Topliss-reactive ketones (excluding diaryl/α,β-unsaturated/α-hetero) is 1. The van der Waals surface area contributed by atoms with E-state index in [-0.39, 0.29) is 24.3 Å². The van der Waals surface area contributed by atoms with E-state index in [1.807, 2.05) is 20.8 Å². The minimum Gasteiger partial charge on any atom is -0.481 e. The zero-order valence-corrected chi connectivity index (χ0v) is 9.75. The van der Waals surface area contributed by atoms with Crippen LogP contribution in [0.3, 0.4) is 0 Å². The van der Waals surface area contributed by atoms with E-state index in [2.05, 4.69) is 5.32 Å². The third-order valence-electron chi connectivity index (χ3n) is 2.07. The van der Waals surface area contributed by atoms with Crippen molar-refractivity contribution in [3.05, 3.63) is 0 Å². The molecular formula is C11H21NO3. The molecule has 4 heteroatoms. The second-order valence-corrected chi connectivity index (χ2v) is 4.02. The molecule has 0 fully saturated rings. The van der Waals surface area contributed by atoms with E-state index in [0.717, 1.165) is 6.42 Å². The lowest BCUT2D eigenvalue weighted by Gasteiger charge is -2.19. The molecule has 2 N–H and O–H groups in total. The lowest BCUT2D eigenvalue weighted by molar-refractivity contribution is -0.137. The third kappa shape index (κ3) is 7.08. The maximum absolute atomic E-state index is 11.6. The molecule has 0 aliphatic rings. The zero-order chi connectivity index (χ0) is 11.8. The van der Waals surface area contributed by atoms with Crippen molar-refractivity contribution in [2.24, 2.45) is 0 Å². The quantitative estimate of drug-likeness (QED) is 0.645. The highest BCUT2D eigenvalue weighted by Crippen LogP contribution is 2.04. The topological polar surface area (TPSA) is 66.4 Å². The van der Waals surface area contributed by atoms with E-state index < -0.39 is 5.97 Å². The molecule has 88 valence electrons. The molecule has 0 heterocycles. The number of nitrogens with one attached hydrogen (secondary N) is 1. The highest BCUT2D eigenvalue weighted by Gasteiger charge is 2.18. The van der Waals surface area contributed by atoms with Gasteiger partial charge in [-0.1, -0.05) is 20.8 Å². The molecule has 0 saturated heterocycles. The molecule has 0 aromatic heterocycles. The first-order valence-corrected chi connectivity index (χ1v) is 5.48. The largest absolute Gasteiger partial charge is 0.481 e. The fraction of sp³-hybridized carbons (Fsp3) is 0.818. The molecular weight excluding hydrogens is 194 g/mol. The van der Waals surface area contributed by atoms with E-state index >= 15 is 0 Å². The van der Waals surface area contributed by atoms with Crippen LogP contribution in [0.25, 0.3) is 0 Å². The first kappa shape index (κ1) is 14.1. The van der Waals surface area contributed by atoms with Crippen LogP contribution in [0, 0.1) is 0 Å². The Labute approximate surface area is 91.1 Å². The Balaban J connectivity index is 4.16. The lowest BCUT2D eigenvalue weighted by atomic mass is 10.0. The highest BCUT2D eigenvalue weighted by atomic mass is 16.4. The molecule has 0 spiro atoms. The zero-order valence-electron chi connectivity index (χ0n) is 9.75. The molecule has 0 aliphatic carbocycles. The summed E-state index contributed by atoms with van der Waals surface area (Å²) in [4.78, 5) is 22.1. The number of aliphatic carboxylic acids is 1. The van der Waals surface area contributed by atoms with Crippen LogP contribution in [0.1, 0.15) is 46.5 Å². The van der Waals surface area contributed by atoms with E-state index in [1.54, 1.807) is 0 Å². The van der Waals surface area contributed by atoms with E-state index in [1.165, 1.54) is 0 Å². The van der Waals surface area contributed by atoms with Gasteiger partial charge in [0.2, 0.25) is 0 Å². The first-order valence-electron chi connectivity index (χ1n) is 5.48. The normalized spacial score (nSPS) is 12.8. The van der Waals surface area contributed by atoms with Gasteiger partial charge in [-0.15, -0.1) is 0 Å². The molecule has 0 saturated carbocycles. The van der Waals surface area contributed by atoms with Gasteiger partial charge in [0, 0.05) is 18.9 Å². The van der Waals surface area contributed by atoms with E-state index in [9.17, 15) is 9.59 Å². The minimum absolute atomic E-state index is 0.0415. The smallest absolute Gasteiger partial charge is 0.303 e. The average molecular weight is 215 g/mol. The molecule has 4 nitrogen and oxygen atoms in total. The first-order chi connectivity index (χ1) is 6.97. The Kier molecular flexibility index (Phi) is 6.96. The molecule has 1 atom stereocenters. The van der Waals surface area contributed by atoms with Gasteiger partial charge in [0.15, 0.2) is 0 Å². The van der Waals surface area contributed by atoms with Crippen molar-refractivity contribution in [3.63, 3.8) is 0 Å². The standard InChI is InChI=1S/C11H21NO3/c1-4-5-10(13)9(12-8(2)3)6-7-11(14)15/h8-9,12H,4-7H2,1-3H3,(H,14,15)/t9-/m0/s1. The van der Waals surface area contributed by atoms with Crippen LogP contribution in [-0.2, 0) is 9.59 Å². The number of carbonyl (C=O) groups is 2. The van der Waals surface area contributed by atoms with Crippen LogP contribution >= 0.6 is 0 Å². The molecule has 0 amide bonds. The van der Waals surface area contributed by atoms with Crippen molar-refractivity contribution in [1.29, 1.82) is 0 Å². The van der Waals surface area contributed by atoms with Crippen molar-refractivity contribution in [2.45, 2.75) is 58.5 Å². The summed E-state index contributed by atoms with van der Waals surface area (Å²) in [6, 6.07) is -0.106. The summed E-state index contributed by atoms with van der Waals surface area (Å²) in [6.45, 7) is 5.85. The van der Waals surface area contributed by atoms with E-state index in [0.29, 0.717) is 12.8 Å². The molecule has 0 aromatic rings. The van der Waals surface area contributed by atoms with Gasteiger partial charge < -0.3 is 10.4 Å². The van der Waals surface area contributed by atoms with E-state index in [4.69, 9.17) is 5.11 Å². The molecule has 0 bridgehead atoms. The van der Waals surface area contributed by atoms with Gasteiger partial charge in [-0.25, -0.2) is 0 Å². The summed E-state index contributed by atoms with van der Waals surface area (Å²) in [5, 5.41) is 11.7. The van der Waals surface area contributed by atoms with Crippen molar-refractivity contribution < 1.29 is 14.7 Å². The summed E-state index contributed by atoms with van der Waals surface area (Å²) < 4.78 is 0. The molecule has 0 rings (SSSR count). The van der Waals surface area contributed by atoms with Gasteiger partial charge >= 0.3 is 5.97 Å². The Morgan fingerprint density at radius 3 is 2.27 bits per heavy atom. The van der Waals surface area contributed by atoms with Gasteiger partial charge in [-0.2, -0.15) is 0 Å². The molecule has 0 unspecified atom stereocenters. The fourth-order valence-electron chi connectivity index (χ4n) is 1.43. The second kappa shape index (κ2) is 7.40. The molecule has 15 heavy (non-hydrogen) atoms. The van der Waals surface area contributed by atoms with Crippen LogP contribution in [0.15, 0.2) is 0 Å². The summed E-state index contributed by atoms with van der Waals surface area (Å²) >= 11 is 0. The van der Waals surface area contributed by atoms with Crippen LogP contribution in [0.4, 0.5) is 0 Å². The Bertz CT molecular complexity index is 214. The maximum Gasteiger partial charge on any atom is 0.303 e. The van der Waals surface area contributed by atoms with Gasteiger partial charge in [0.05, 0.1) is 6.04 Å². The monoisotopic (exact) mass is 215 g/mol. The number of ketones is 1. The molecule has 0 aromatic carbocycles. The second-order valence-electron chi connectivity index (χ2n) is 4.02. The molecule has 0 radical (unpaired) electrons. The van der Waals surface area contributed by atoms with Gasteiger partial charge in [-0.3, -0.25) is 9.59 Å². The predicted octanol–water partition coefficient (Wildman–Crippen LogP) is 1.59.